The van der Waals surface area contributed by atoms with Gasteiger partial charge in [0.15, 0.2) is 5.96 Å². The summed E-state index contributed by atoms with van der Waals surface area (Å²) < 4.78 is 1.97. The Morgan fingerprint density at radius 3 is 2.43 bits per heavy atom. The fourth-order valence-electron chi connectivity index (χ4n) is 2.69. The smallest absolute Gasteiger partial charge is 0.296 e. The van der Waals surface area contributed by atoms with Crippen LogP contribution in [0.4, 0.5) is 0 Å². The molecular formula is C18H18N4O. The van der Waals surface area contributed by atoms with Crippen molar-refractivity contribution in [3.8, 4) is 0 Å². The van der Waals surface area contributed by atoms with E-state index in [-0.39, 0.29) is 5.96 Å². The number of para-hydroxylation sites is 1. The number of nitrogens with zero attached hydrogens (tertiary/aromatic N) is 2. The predicted molar refractivity (Wildman–Crippen MR) is 92.2 cm³/mol. The molecule has 0 saturated heterocycles. The molecule has 3 rings (SSSR count). The van der Waals surface area contributed by atoms with E-state index in [0.29, 0.717) is 12.2 Å². The topological polar surface area (TPSA) is 86.4 Å². The van der Waals surface area contributed by atoms with Crippen LogP contribution in [0.15, 0.2) is 65.7 Å². The molecule has 0 unspecified atom stereocenters. The highest BCUT2D eigenvalue weighted by atomic mass is 16.1. The Labute approximate surface area is 134 Å². The number of hydrogen-bond donors (Lipinski definition) is 2. The largest absolute Gasteiger partial charge is 0.370 e. The van der Waals surface area contributed by atoms with Crippen molar-refractivity contribution in [1.29, 1.82) is 0 Å². The number of carbonyl (C=O) groups excluding carboxylic acids is 1. The lowest BCUT2D eigenvalue weighted by atomic mass is 10.1. The first-order chi connectivity index (χ1) is 11.1. The van der Waals surface area contributed by atoms with Crippen LogP contribution < -0.4 is 11.5 Å². The fraction of sp³-hybridized carbons (Fsp3) is 0.111. The molecular weight excluding hydrogens is 288 g/mol. The summed E-state index contributed by atoms with van der Waals surface area (Å²) >= 11 is 0. The van der Waals surface area contributed by atoms with Gasteiger partial charge in [-0.15, -0.1) is 0 Å². The van der Waals surface area contributed by atoms with E-state index in [1.54, 1.807) is 0 Å². The van der Waals surface area contributed by atoms with Gasteiger partial charge in [0.05, 0.1) is 0 Å². The molecule has 3 aromatic rings. The Bertz CT molecular complexity index is 861. The Hall–Kier alpha value is -3.08. The van der Waals surface area contributed by atoms with Crippen LogP contribution in [0, 0.1) is 0 Å². The highest BCUT2D eigenvalue weighted by molar-refractivity contribution is 6.04. The van der Waals surface area contributed by atoms with Crippen LogP contribution in [0.3, 0.4) is 0 Å². The van der Waals surface area contributed by atoms with Gasteiger partial charge in [-0.25, -0.2) is 0 Å². The molecule has 0 aliphatic carbocycles. The minimum Gasteiger partial charge on any atom is -0.370 e. The molecule has 1 aromatic heterocycles. The van der Waals surface area contributed by atoms with Crippen molar-refractivity contribution < 1.29 is 4.79 Å². The van der Waals surface area contributed by atoms with Crippen LogP contribution in [0.2, 0.25) is 0 Å². The van der Waals surface area contributed by atoms with Crippen molar-refractivity contribution in [2.45, 2.75) is 13.0 Å². The van der Waals surface area contributed by atoms with Gasteiger partial charge in [0.2, 0.25) is 0 Å². The SMILES string of the molecule is NC(N)=NC(=O)c1cc2ccccc2n1CCc1ccccc1. The molecule has 0 bridgehead atoms. The summed E-state index contributed by atoms with van der Waals surface area (Å²) in [5, 5.41) is 0.995. The summed E-state index contributed by atoms with van der Waals surface area (Å²) in [7, 11) is 0. The molecule has 5 heteroatoms. The van der Waals surface area contributed by atoms with Crippen LogP contribution in [0.5, 0.6) is 0 Å². The van der Waals surface area contributed by atoms with Crippen molar-refractivity contribution in [3.63, 3.8) is 0 Å². The van der Waals surface area contributed by atoms with E-state index < -0.39 is 5.91 Å². The summed E-state index contributed by atoms with van der Waals surface area (Å²) in [5.41, 5.74) is 13.4. The lowest BCUT2D eigenvalue weighted by Crippen LogP contribution is -2.24. The third kappa shape index (κ3) is 3.23. The number of amides is 1. The molecule has 1 heterocycles. The normalized spacial score (nSPS) is 10.6. The van der Waals surface area contributed by atoms with Crippen molar-refractivity contribution >= 4 is 22.8 Å². The molecule has 1 amide bonds. The van der Waals surface area contributed by atoms with Gasteiger partial charge in [0.25, 0.3) is 5.91 Å². The average Bonchev–Trinajstić information content (AvgIpc) is 2.92. The number of fused-ring (bicyclic) bond motifs is 1. The van der Waals surface area contributed by atoms with Crippen LogP contribution in [-0.2, 0) is 13.0 Å². The zero-order valence-electron chi connectivity index (χ0n) is 12.6. The summed E-state index contributed by atoms with van der Waals surface area (Å²) in [6.07, 6.45) is 0.821. The number of hydrogen-bond acceptors (Lipinski definition) is 1. The summed E-state index contributed by atoms with van der Waals surface area (Å²) in [6, 6.07) is 19.8. The van der Waals surface area contributed by atoms with Crippen molar-refractivity contribution in [2.75, 3.05) is 0 Å². The maximum atomic E-state index is 12.3. The van der Waals surface area contributed by atoms with Crippen molar-refractivity contribution in [3.05, 3.63) is 71.9 Å². The van der Waals surface area contributed by atoms with Gasteiger partial charge < -0.3 is 16.0 Å². The first-order valence-corrected chi connectivity index (χ1v) is 7.41. The van der Waals surface area contributed by atoms with Crippen LogP contribution in [0.25, 0.3) is 10.9 Å². The van der Waals surface area contributed by atoms with E-state index in [9.17, 15) is 4.79 Å². The second kappa shape index (κ2) is 6.36. The third-order valence-corrected chi connectivity index (χ3v) is 3.73. The number of aryl methyl sites for hydroxylation is 2. The Morgan fingerprint density at radius 2 is 1.70 bits per heavy atom. The monoisotopic (exact) mass is 306 g/mol. The zero-order valence-corrected chi connectivity index (χ0v) is 12.6. The van der Waals surface area contributed by atoms with Gasteiger partial charge in [-0.2, -0.15) is 4.99 Å². The average molecular weight is 306 g/mol. The van der Waals surface area contributed by atoms with Crippen molar-refractivity contribution in [1.82, 2.24) is 4.57 Å². The van der Waals surface area contributed by atoms with Crippen LogP contribution in [0.1, 0.15) is 16.1 Å². The van der Waals surface area contributed by atoms with E-state index in [4.69, 9.17) is 11.5 Å². The highest BCUT2D eigenvalue weighted by Gasteiger charge is 2.15. The van der Waals surface area contributed by atoms with Gasteiger partial charge in [-0.05, 0) is 24.1 Å². The Kier molecular flexibility index (Phi) is 4.10. The number of rotatable bonds is 4. The minimum absolute atomic E-state index is 0.227. The maximum Gasteiger partial charge on any atom is 0.296 e. The standard InChI is InChI=1S/C18H18N4O/c19-18(20)21-17(23)16-12-14-8-4-5-9-15(14)22(16)11-10-13-6-2-1-3-7-13/h1-9,12H,10-11H2,(H4,19,20,21,23). The number of carbonyl (C=O) groups is 1. The minimum atomic E-state index is -0.422. The molecule has 0 aliphatic rings. The Balaban J connectivity index is 1.99. The Morgan fingerprint density at radius 1 is 1.00 bits per heavy atom. The maximum absolute atomic E-state index is 12.3. The summed E-state index contributed by atoms with van der Waals surface area (Å²) in [4.78, 5) is 16.0. The van der Waals surface area contributed by atoms with Gasteiger partial charge in [-0.3, -0.25) is 4.79 Å². The first kappa shape index (κ1) is 14.8. The molecule has 2 aromatic carbocycles. The zero-order chi connectivity index (χ0) is 16.2. The summed E-state index contributed by atoms with van der Waals surface area (Å²) in [5.74, 6) is -0.649. The molecule has 5 nitrogen and oxygen atoms in total. The van der Waals surface area contributed by atoms with Crippen molar-refractivity contribution in [2.24, 2.45) is 16.5 Å². The molecule has 0 saturated carbocycles. The number of aromatic nitrogens is 1. The highest BCUT2D eigenvalue weighted by Crippen LogP contribution is 2.21. The van der Waals surface area contributed by atoms with Gasteiger partial charge in [0, 0.05) is 17.4 Å². The van der Waals surface area contributed by atoms with Crippen LogP contribution in [-0.4, -0.2) is 16.4 Å². The van der Waals surface area contributed by atoms with Crippen LogP contribution >= 0.6 is 0 Å². The summed E-state index contributed by atoms with van der Waals surface area (Å²) in [6.45, 7) is 0.679. The van der Waals surface area contributed by atoms with E-state index in [1.807, 2.05) is 53.1 Å². The van der Waals surface area contributed by atoms with Gasteiger partial charge >= 0.3 is 0 Å². The predicted octanol–water partition coefficient (Wildman–Crippen LogP) is 2.30. The second-order valence-electron chi connectivity index (χ2n) is 5.32. The first-order valence-electron chi connectivity index (χ1n) is 7.41. The van der Waals surface area contributed by atoms with Gasteiger partial charge in [0.1, 0.15) is 5.69 Å². The van der Waals surface area contributed by atoms with E-state index in [0.717, 1.165) is 17.3 Å². The lowest BCUT2D eigenvalue weighted by molar-refractivity contribution is 0.0994. The number of guanidine groups is 1. The van der Waals surface area contributed by atoms with E-state index in [2.05, 4.69) is 17.1 Å². The molecule has 0 atom stereocenters. The molecule has 0 spiro atoms. The fourth-order valence-corrected chi connectivity index (χ4v) is 2.69. The number of benzene rings is 2. The van der Waals surface area contributed by atoms with E-state index >= 15 is 0 Å². The molecule has 4 N–H and O–H groups in total. The third-order valence-electron chi connectivity index (χ3n) is 3.73. The number of nitrogens with two attached hydrogens (primary N) is 2. The van der Waals surface area contributed by atoms with E-state index in [1.165, 1.54) is 5.56 Å². The molecule has 0 fully saturated rings. The molecule has 0 radical (unpaired) electrons. The second-order valence-corrected chi connectivity index (χ2v) is 5.32. The quantitative estimate of drug-likeness (QED) is 0.573. The van der Waals surface area contributed by atoms with Gasteiger partial charge in [-0.1, -0.05) is 48.5 Å². The lowest BCUT2D eigenvalue weighted by Gasteiger charge is -2.09. The molecule has 23 heavy (non-hydrogen) atoms. The molecule has 0 aliphatic heterocycles. The molecule has 116 valence electrons. The number of aliphatic imine (C=N–C) groups is 1.